The second-order valence-corrected chi connectivity index (χ2v) is 4.73. The maximum atomic E-state index is 12.0. The molecule has 0 aromatic carbocycles. The zero-order valence-electron chi connectivity index (χ0n) is 8.92. The Balaban J connectivity index is 2.29. The molecule has 0 fully saturated rings. The van der Waals surface area contributed by atoms with Crippen LogP contribution in [0.4, 0.5) is 13.2 Å². The predicted molar refractivity (Wildman–Crippen MR) is 59.4 cm³/mol. The Labute approximate surface area is 96.6 Å². The summed E-state index contributed by atoms with van der Waals surface area (Å²) in [6, 6.07) is 2.91. The molecule has 0 bridgehead atoms. The van der Waals surface area contributed by atoms with Gasteiger partial charge in [-0.05, 0) is 18.4 Å². The molecule has 0 spiro atoms. The van der Waals surface area contributed by atoms with Gasteiger partial charge in [0, 0.05) is 17.5 Å². The van der Waals surface area contributed by atoms with Gasteiger partial charge < -0.3 is 11.1 Å². The zero-order valence-corrected chi connectivity index (χ0v) is 9.74. The third kappa shape index (κ3) is 4.96. The summed E-state index contributed by atoms with van der Waals surface area (Å²) in [6.07, 6.45) is -4.95. The minimum atomic E-state index is -4.13. The van der Waals surface area contributed by atoms with Crippen LogP contribution >= 0.6 is 11.3 Å². The van der Waals surface area contributed by atoms with E-state index in [1.165, 1.54) is 18.3 Å². The van der Waals surface area contributed by atoms with E-state index in [-0.39, 0.29) is 6.04 Å². The Morgan fingerprint density at radius 2 is 2.19 bits per heavy atom. The number of thiophene rings is 1. The van der Waals surface area contributed by atoms with Crippen molar-refractivity contribution in [1.82, 2.24) is 5.32 Å². The smallest absolute Gasteiger partial charge is 0.322 e. The topological polar surface area (TPSA) is 38.0 Å². The van der Waals surface area contributed by atoms with E-state index < -0.39 is 18.6 Å². The number of hydrogen-bond donors (Lipinski definition) is 2. The van der Waals surface area contributed by atoms with Crippen LogP contribution in [-0.2, 0) is 0 Å². The number of nitrogens with one attached hydrogen (secondary N) is 1. The Kier molecular flexibility index (Phi) is 4.76. The third-order valence-corrected chi connectivity index (χ3v) is 3.14. The van der Waals surface area contributed by atoms with Crippen LogP contribution < -0.4 is 11.1 Å². The van der Waals surface area contributed by atoms with Crippen molar-refractivity contribution in [3.8, 4) is 0 Å². The Hall–Kier alpha value is -0.590. The first-order valence-corrected chi connectivity index (χ1v) is 5.85. The van der Waals surface area contributed by atoms with Crippen molar-refractivity contribution in [2.75, 3.05) is 6.54 Å². The number of hydrogen-bond acceptors (Lipinski definition) is 3. The summed E-state index contributed by atoms with van der Waals surface area (Å²) in [5.74, 6) is 0. The molecule has 0 aliphatic carbocycles. The lowest BCUT2D eigenvalue weighted by Crippen LogP contribution is -2.36. The lowest BCUT2D eigenvalue weighted by atomic mass is 10.2. The van der Waals surface area contributed by atoms with Crippen LogP contribution in [0.15, 0.2) is 17.5 Å². The van der Waals surface area contributed by atoms with Crippen molar-refractivity contribution in [1.29, 1.82) is 0 Å². The van der Waals surface area contributed by atoms with Gasteiger partial charge in [0.25, 0.3) is 0 Å². The van der Waals surface area contributed by atoms with Gasteiger partial charge in [0.2, 0.25) is 0 Å². The summed E-state index contributed by atoms with van der Waals surface area (Å²) in [4.78, 5) is 0.978. The SMILES string of the molecule is CC(CC(F)(F)F)NCC(N)c1cccs1. The quantitative estimate of drug-likeness (QED) is 0.845. The van der Waals surface area contributed by atoms with Crippen LogP contribution in [0.2, 0.25) is 0 Å². The van der Waals surface area contributed by atoms with Gasteiger partial charge in [-0.15, -0.1) is 11.3 Å². The standard InChI is InChI=1S/C10H15F3N2S/c1-7(5-10(11,12)13)15-6-8(14)9-3-2-4-16-9/h2-4,7-8,15H,5-6,14H2,1H3. The molecule has 1 rings (SSSR count). The lowest BCUT2D eigenvalue weighted by Gasteiger charge is -2.18. The van der Waals surface area contributed by atoms with Crippen LogP contribution in [-0.4, -0.2) is 18.8 Å². The van der Waals surface area contributed by atoms with Crippen LogP contribution in [0.3, 0.4) is 0 Å². The molecule has 2 unspecified atom stereocenters. The number of halogens is 3. The fraction of sp³-hybridized carbons (Fsp3) is 0.600. The molecule has 0 radical (unpaired) electrons. The van der Waals surface area contributed by atoms with Crippen LogP contribution in [0.1, 0.15) is 24.3 Å². The summed E-state index contributed by atoms with van der Waals surface area (Å²) >= 11 is 1.51. The summed E-state index contributed by atoms with van der Waals surface area (Å²) in [6.45, 7) is 1.87. The van der Waals surface area contributed by atoms with Crippen molar-refractivity contribution < 1.29 is 13.2 Å². The molecular formula is C10H15F3N2S. The largest absolute Gasteiger partial charge is 0.390 e. The minimum absolute atomic E-state index is 0.240. The van der Waals surface area contributed by atoms with Gasteiger partial charge in [0.1, 0.15) is 0 Å². The molecule has 0 amide bonds. The third-order valence-electron chi connectivity index (χ3n) is 2.13. The van der Waals surface area contributed by atoms with E-state index in [0.717, 1.165) is 4.88 Å². The van der Waals surface area contributed by atoms with E-state index in [2.05, 4.69) is 5.32 Å². The molecule has 6 heteroatoms. The van der Waals surface area contributed by atoms with Crippen molar-refractivity contribution >= 4 is 11.3 Å². The highest BCUT2D eigenvalue weighted by Gasteiger charge is 2.29. The van der Waals surface area contributed by atoms with Gasteiger partial charge in [0.05, 0.1) is 12.5 Å². The Morgan fingerprint density at radius 3 is 2.69 bits per heavy atom. The van der Waals surface area contributed by atoms with Gasteiger partial charge in [-0.1, -0.05) is 6.07 Å². The number of alkyl halides is 3. The Morgan fingerprint density at radius 1 is 1.50 bits per heavy atom. The van der Waals surface area contributed by atoms with Crippen LogP contribution in [0.5, 0.6) is 0 Å². The van der Waals surface area contributed by atoms with Crippen molar-refractivity contribution in [2.24, 2.45) is 5.73 Å². The summed E-state index contributed by atoms with van der Waals surface area (Å²) in [7, 11) is 0. The normalized spacial score (nSPS) is 16.1. The maximum absolute atomic E-state index is 12.0. The molecule has 16 heavy (non-hydrogen) atoms. The molecule has 2 nitrogen and oxygen atoms in total. The van der Waals surface area contributed by atoms with Gasteiger partial charge in [-0.3, -0.25) is 0 Å². The van der Waals surface area contributed by atoms with E-state index in [1.807, 2.05) is 17.5 Å². The van der Waals surface area contributed by atoms with Crippen molar-refractivity contribution in [3.63, 3.8) is 0 Å². The minimum Gasteiger partial charge on any atom is -0.322 e. The van der Waals surface area contributed by atoms with Crippen LogP contribution in [0, 0.1) is 0 Å². The molecule has 1 aromatic rings. The summed E-state index contributed by atoms with van der Waals surface area (Å²) < 4.78 is 36.1. The molecule has 1 heterocycles. The van der Waals surface area contributed by atoms with Gasteiger partial charge in [-0.2, -0.15) is 13.2 Å². The molecule has 0 aliphatic rings. The number of nitrogens with two attached hydrogens (primary N) is 1. The molecule has 1 aromatic heterocycles. The summed E-state index contributed by atoms with van der Waals surface area (Å²) in [5, 5.41) is 4.69. The monoisotopic (exact) mass is 252 g/mol. The number of rotatable bonds is 5. The van der Waals surface area contributed by atoms with E-state index in [4.69, 9.17) is 5.73 Å². The van der Waals surface area contributed by atoms with E-state index in [9.17, 15) is 13.2 Å². The first-order valence-electron chi connectivity index (χ1n) is 4.97. The zero-order chi connectivity index (χ0) is 12.2. The Bertz CT molecular complexity index is 298. The molecule has 2 atom stereocenters. The van der Waals surface area contributed by atoms with E-state index in [0.29, 0.717) is 6.54 Å². The van der Waals surface area contributed by atoms with E-state index >= 15 is 0 Å². The summed E-state index contributed by atoms with van der Waals surface area (Å²) in [5.41, 5.74) is 5.82. The van der Waals surface area contributed by atoms with Crippen molar-refractivity contribution in [2.45, 2.75) is 31.6 Å². The molecule has 0 aliphatic heterocycles. The van der Waals surface area contributed by atoms with Crippen molar-refractivity contribution in [3.05, 3.63) is 22.4 Å². The average Bonchev–Trinajstić information content (AvgIpc) is 2.64. The second kappa shape index (κ2) is 5.65. The molecule has 0 saturated heterocycles. The first kappa shape index (κ1) is 13.5. The molecule has 3 N–H and O–H groups in total. The fourth-order valence-electron chi connectivity index (χ4n) is 1.35. The van der Waals surface area contributed by atoms with E-state index in [1.54, 1.807) is 0 Å². The molecule has 0 saturated carbocycles. The highest BCUT2D eigenvalue weighted by Crippen LogP contribution is 2.22. The lowest BCUT2D eigenvalue weighted by molar-refractivity contribution is -0.139. The van der Waals surface area contributed by atoms with Crippen LogP contribution in [0.25, 0.3) is 0 Å². The fourth-order valence-corrected chi connectivity index (χ4v) is 2.08. The van der Waals surface area contributed by atoms with Gasteiger partial charge in [0.15, 0.2) is 0 Å². The second-order valence-electron chi connectivity index (χ2n) is 3.75. The molecule has 92 valence electrons. The average molecular weight is 252 g/mol. The van der Waals surface area contributed by atoms with Gasteiger partial charge >= 0.3 is 6.18 Å². The maximum Gasteiger partial charge on any atom is 0.390 e. The highest BCUT2D eigenvalue weighted by molar-refractivity contribution is 7.10. The molecular weight excluding hydrogens is 237 g/mol. The predicted octanol–water partition coefficient (Wildman–Crippen LogP) is 2.68. The van der Waals surface area contributed by atoms with Gasteiger partial charge in [-0.25, -0.2) is 0 Å². The highest BCUT2D eigenvalue weighted by atomic mass is 32.1. The first-order chi connectivity index (χ1) is 7.38.